The van der Waals surface area contributed by atoms with Gasteiger partial charge >= 0.3 is 12.1 Å². The van der Waals surface area contributed by atoms with Crippen LogP contribution in [0.15, 0.2) is 17.0 Å². The third-order valence-electron chi connectivity index (χ3n) is 2.53. The molecule has 0 aliphatic rings. The highest BCUT2D eigenvalue weighted by Gasteiger charge is 2.19. The van der Waals surface area contributed by atoms with Crippen molar-refractivity contribution in [2.75, 3.05) is 11.9 Å². The maximum Gasteiger partial charge on any atom is 0.411 e. The molecule has 122 valence electrons. The summed E-state index contributed by atoms with van der Waals surface area (Å²) < 4.78 is 36.0. The summed E-state index contributed by atoms with van der Waals surface area (Å²) in [5.74, 6) is -1.35. The van der Waals surface area contributed by atoms with Gasteiger partial charge in [0.15, 0.2) is 0 Å². The Labute approximate surface area is 130 Å². The summed E-state index contributed by atoms with van der Waals surface area (Å²) in [7, 11) is -4.53. The molecule has 5 N–H and O–H groups in total. The number of ether oxygens (including phenoxy) is 1. The molecule has 9 nitrogen and oxygen atoms in total. The molecule has 0 radical (unpaired) electrons. The first kappa shape index (κ1) is 18.2. The summed E-state index contributed by atoms with van der Waals surface area (Å²) in [6.45, 7) is 0.797. The van der Waals surface area contributed by atoms with Crippen molar-refractivity contribution in [3.63, 3.8) is 0 Å². The van der Waals surface area contributed by atoms with Crippen molar-refractivity contribution in [1.82, 2.24) is 0 Å². The average Bonchev–Trinajstić information content (AvgIpc) is 2.38. The van der Waals surface area contributed by atoms with Crippen LogP contribution in [0.2, 0.25) is 5.02 Å². The summed E-state index contributed by atoms with van der Waals surface area (Å²) in [5.41, 5.74) is 5.19. The average molecular weight is 353 g/mol. The summed E-state index contributed by atoms with van der Waals surface area (Å²) >= 11 is 5.81. The molecule has 0 aliphatic carbocycles. The number of aliphatic carboxylic acids is 1. The van der Waals surface area contributed by atoms with Crippen molar-refractivity contribution >= 4 is 39.5 Å². The van der Waals surface area contributed by atoms with E-state index in [0.717, 1.165) is 6.07 Å². The molecule has 1 aromatic rings. The summed E-state index contributed by atoms with van der Waals surface area (Å²) in [5, 5.41) is 10.7. The van der Waals surface area contributed by atoms with E-state index in [-0.39, 0.29) is 16.3 Å². The zero-order chi connectivity index (χ0) is 17.1. The molecule has 1 rings (SSSR count). The number of amides is 1. The van der Waals surface area contributed by atoms with Crippen LogP contribution in [-0.2, 0) is 19.6 Å². The van der Waals surface area contributed by atoms with Gasteiger partial charge in [-0.3, -0.25) is 14.7 Å². The molecule has 22 heavy (non-hydrogen) atoms. The van der Waals surface area contributed by atoms with Gasteiger partial charge in [0.05, 0.1) is 0 Å². The molecule has 11 heteroatoms. The topological polar surface area (TPSA) is 156 Å². The van der Waals surface area contributed by atoms with Gasteiger partial charge in [-0.2, -0.15) is 8.42 Å². The normalized spacial score (nSPS) is 12.5. The van der Waals surface area contributed by atoms with Crippen LogP contribution in [0.3, 0.4) is 0 Å². The van der Waals surface area contributed by atoms with Crippen molar-refractivity contribution in [2.24, 2.45) is 5.73 Å². The predicted molar refractivity (Wildman–Crippen MR) is 76.6 cm³/mol. The van der Waals surface area contributed by atoms with Gasteiger partial charge in [0.1, 0.15) is 17.5 Å². The van der Waals surface area contributed by atoms with E-state index in [2.05, 4.69) is 10.1 Å². The van der Waals surface area contributed by atoms with Gasteiger partial charge in [0.25, 0.3) is 10.1 Å². The van der Waals surface area contributed by atoms with E-state index in [1.165, 1.54) is 13.0 Å². The van der Waals surface area contributed by atoms with Gasteiger partial charge in [-0.05, 0) is 24.6 Å². The second-order valence-electron chi connectivity index (χ2n) is 4.22. The highest BCUT2D eigenvalue weighted by molar-refractivity contribution is 7.85. The van der Waals surface area contributed by atoms with Gasteiger partial charge in [0, 0.05) is 10.7 Å². The quantitative estimate of drug-likeness (QED) is 0.568. The highest BCUT2D eigenvalue weighted by Crippen LogP contribution is 2.27. The molecule has 1 unspecified atom stereocenters. The Morgan fingerprint density at radius 3 is 2.55 bits per heavy atom. The number of carbonyl (C=O) groups excluding carboxylic acids is 1. The van der Waals surface area contributed by atoms with Crippen molar-refractivity contribution in [2.45, 2.75) is 17.9 Å². The number of anilines is 1. The van der Waals surface area contributed by atoms with Crippen LogP contribution in [-0.4, -0.2) is 42.8 Å². The van der Waals surface area contributed by atoms with Crippen molar-refractivity contribution < 1.29 is 32.4 Å². The van der Waals surface area contributed by atoms with E-state index >= 15 is 0 Å². The SMILES string of the molecule is Cc1c(Cl)cc(NC(=O)OCC(N)C(=O)O)cc1S(=O)(=O)O. The van der Waals surface area contributed by atoms with Crippen LogP contribution >= 0.6 is 11.6 Å². The van der Waals surface area contributed by atoms with Crippen LogP contribution in [0.25, 0.3) is 0 Å². The van der Waals surface area contributed by atoms with E-state index in [4.69, 9.17) is 27.0 Å². The molecule has 1 atom stereocenters. The summed E-state index contributed by atoms with van der Waals surface area (Å²) in [6.07, 6.45) is -1.06. The van der Waals surface area contributed by atoms with Gasteiger partial charge in [-0.15, -0.1) is 0 Å². The maximum atomic E-state index is 11.5. The lowest BCUT2D eigenvalue weighted by atomic mass is 10.2. The molecule has 0 bridgehead atoms. The zero-order valence-electron chi connectivity index (χ0n) is 11.2. The minimum Gasteiger partial charge on any atom is -0.480 e. The largest absolute Gasteiger partial charge is 0.480 e. The van der Waals surface area contributed by atoms with Crippen LogP contribution < -0.4 is 11.1 Å². The van der Waals surface area contributed by atoms with Crippen LogP contribution in [0, 0.1) is 6.92 Å². The number of carboxylic acids is 1. The molecular formula is C11H13ClN2O7S. The van der Waals surface area contributed by atoms with Crippen LogP contribution in [0.1, 0.15) is 5.56 Å². The van der Waals surface area contributed by atoms with E-state index < -0.39 is 39.7 Å². The number of carboxylic acid groups (broad SMARTS) is 1. The number of nitrogens with one attached hydrogen (secondary N) is 1. The highest BCUT2D eigenvalue weighted by atomic mass is 35.5. The Morgan fingerprint density at radius 2 is 2.05 bits per heavy atom. The van der Waals surface area contributed by atoms with Crippen molar-refractivity contribution in [3.05, 3.63) is 22.7 Å². The smallest absolute Gasteiger partial charge is 0.411 e. The fourth-order valence-corrected chi connectivity index (χ4v) is 2.43. The lowest BCUT2D eigenvalue weighted by Crippen LogP contribution is -2.36. The molecule has 0 saturated carbocycles. The second-order valence-corrected chi connectivity index (χ2v) is 6.02. The summed E-state index contributed by atoms with van der Waals surface area (Å²) in [4.78, 5) is 21.4. The Morgan fingerprint density at radius 1 is 1.45 bits per heavy atom. The van der Waals surface area contributed by atoms with Crippen molar-refractivity contribution in [1.29, 1.82) is 0 Å². The molecule has 0 aromatic heterocycles. The monoisotopic (exact) mass is 352 g/mol. The Balaban J connectivity index is 2.89. The van der Waals surface area contributed by atoms with Gasteiger partial charge in [-0.1, -0.05) is 11.6 Å². The lowest BCUT2D eigenvalue weighted by Gasteiger charge is -2.11. The first-order valence-electron chi connectivity index (χ1n) is 5.72. The summed E-state index contributed by atoms with van der Waals surface area (Å²) in [6, 6.07) is 0.833. The predicted octanol–water partition coefficient (Wildman–Crippen LogP) is 0.856. The number of hydrogen-bond acceptors (Lipinski definition) is 6. The van der Waals surface area contributed by atoms with E-state index in [0.29, 0.717) is 0 Å². The van der Waals surface area contributed by atoms with E-state index in [1.807, 2.05) is 0 Å². The first-order chi connectivity index (χ1) is 10.0. The van der Waals surface area contributed by atoms with E-state index in [9.17, 15) is 18.0 Å². The minimum atomic E-state index is -4.53. The number of benzene rings is 1. The maximum absolute atomic E-state index is 11.5. The van der Waals surface area contributed by atoms with Gasteiger partial charge in [0.2, 0.25) is 0 Å². The van der Waals surface area contributed by atoms with Gasteiger partial charge in [-0.25, -0.2) is 4.79 Å². The molecule has 0 spiro atoms. The lowest BCUT2D eigenvalue weighted by molar-refractivity contribution is -0.139. The first-order valence-corrected chi connectivity index (χ1v) is 7.54. The Kier molecular flexibility index (Phi) is 5.72. The molecule has 0 heterocycles. The minimum absolute atomic E-state index is 0.00679. The zero-order valence-corrected chi connectivity index (χ0v) is 12.8. The second kappa shape index (κ2) is 6.92. The number of nitrogens with two attached hydrogens (primary N) is 1. The number of carbonyl (C=O) groups is 2. The molecule has 0 saturated heterocycles. The Hall–Kier alpha value is -1.88. The Bertz CT molecular complexity index is 705. The third kappa shape index (κ3) is 4.84. The molecular weight excluding hydrogens is 340 g/mol. The van der Waals surface area contributed by atoms with E-state index in [1.54, 1.807) is 0 Å². The third-order valence-corrected chi connectivity index (χ3v) is 3.90. The fraction of sp³-hybridized carbons (Fsp3) is 0.273. The number of halogens is 1. The number of hydrogen-bond donors (Lipinski definition) is 4. The molecule has 0 fully saturated rings. The van der Waals surface area contributed by atoms with Crippen LogP contribution in [0.4, 0.5) is 10.5 Å². The fourth-order valence-electron chi connectivity index (χ4n) is 1.38. The standard InChI is InChI=1S/C11H13ClN2O7S/c1-5-7(12)2-6(3-9(5)22(18,19)20)14-11(17)21-4-8(13)10(15)16/h2-3,8H,4,13H2,1H3,(H,14,17)(H,15,16)(H,18,19,20). The molecule has 0 aliphatic heterocycles. The number of rotatable bonds is 5. The van der Waals surface area contributed by atoms with Crippen LogP contribution in [0.5, 0.6) is 0 Å². The van der Waals surface area contributed by atoms with Crippen molar-refractivity contribution in [3.8, 4) is 0 Å². The van der Waals surface area contributed by atoms with Gasteiger partial charge < -0.3 is 15.6 Å². The molecule has 1 amide bonds. The molecule has 1 aromatic carbocycles.